The fraction of sp³-hybridized carbons (Fsp3) is 0.375. The Morgan fingerprint density at radius 2 is 0.898 bits per heavy atom. The SMILES string of the molecule is C/C=C/O[C@@H]1O[C@@H](C)[C@H](OCc2ccccc2)[C@@H](OCc2ccccc2)[C@H]1O[C@H]1O[C@H](COCc2ccccc2)[C@@H](O[C@@H]2O[C@@H]3CO[C@@H](c4ccccc4)O[C@H]3[C@H](OCc3ccccc3)[C@@H]2NC(C)=O)[C@H](OCc2ccccc2)[C@H]1OCc1ccccc1. The number of nitrogens with one attached hydrogen (secondary N) is 1. The van der Waals surface area contributed by atoms with Gasteiger partial charge in [0.2, 0.25) is 12.2 Å². The van der Waals surface area contributed by atoms with Crippen LogP contribution in [0.15, 0.2) is 225 Å². The minimum atomic E-state index is -1.26. The largest absolute Gasteiger partial charge is 0.470 e. The first kappa shape index (κ1) is 62.6. The van der Waals surface area contributed by atoms with Crippen LogP contribution in [0.2, 0.25) is 0 Å². The maximum absolute atomic E-state index is 13.7. The van der Waals surface area contributed by atoms with E-state index in [1.807, 2.05) is 226 Å². The zero-order chi connectivity index (χ0) is 60.3. The molecule has 7 aromatic rings. The average Bonchev–Trinajstić information content (AvgIpc) is 1.76. The Hall–Kier alpha value is -6.97. The molecule has 0 aromatic heterocycles. The van der Waals surface area contributed by atoms with Gasteiger partial charge in [0, 0.05) is 12.5 Å². The van der Waals surface area contributed by atoms with Gasteiger partial charge in [0.15, 0.2) is 25.0 Å². The third-order valence-electron chi connectivity index (χ3n) is 15.9. The van der Waals surface area contributed by atoms with E-state index < -0.39 is 98.3 Å². The van der Waals surface area contributed by atoms with Gasteiger partial charge >= 0.3 is 0 Å². The van der Waals surface area contributed by atoms with Crippen LogP contribution >= 0.6 is 0 Å². The molecule has 1 N–H and O–H groups in total. The van der Waals surface area contributed by atoms with E-state index >= 15 is 0 Å². The lowest BCUT2D eigenvalue weighted by atomic mass is 9.93. The Morgan fingerprint density at radius 1 is 0.466 bits per heavy atom. The molecule has 462 valence electrons. The first-order valence-corrected chi connectivity index (χ1v) is 30.4. The molecule has 4 aliphatic heterocycles. The number of amides is 1. The minimum absolute atomic E-state index is 0.0358. The van der Waals surface area contributed by atoms with Crippen molar-refractivity contribution >= 4 is 5.91 Å². The van der Waals surface area contributed by atoms with Gasteiger partial charge in [-0.05, 0) is 47.2 Å². The second-order valence-corrected chi connectivity index (χ2v) is 22.3. The van der Waals surface area contributed by atoms with Crippen molar-refractivity contribution in [3.05, 3.63) is 264 Å². The molecule has 0 saturated carbocycles. The molecule has 16 heteroatoms. The molecule has 16 atom stereocenters. The molecule has 4 fully saturated rings. The molecule has 0 aliphatic carbocycles. The first-order chi connectivity index (χ1) is 43.3. The quantitative estimate of drug-likeness (QED) is 0.0485. The normalized spacial score (nSPS) is 28.8. The van der Waals surface area contributed by atoms with Crippen LogP contribution in [0.5, 0.6) is 0 Å². The number of hydrogen-bond acceptors (Lipinski definition) is 15. The van der Waals surface area contributed by atoms with E-state index in [1.165, 1.54) is 6.92 Å². The van der Waals surface area contributed by atoms with Crippen molar-refractivity contribution in [1.82, 2.24) is 5.32 Å². The summed E-state index contributed by atoms with van der Waals surface area (Å²) in [7, 11) is 0. The van der Waals surface area contributed by atoms with Crippen molar-refractivity contribution in [2.75, 3.05) is 13.2 Å². The average molecular weight is 1200 g/mol. The van der Waals surface area contributed by atoms with Crippen LogP contribution in [-0.2, 0) is 111 Å². The van der Waals surface area contributed by atoms with Crippen molar-refractivity contribution in [2.45, 2.75) is 159 Å². The number of ether oxygens (including phenoxy) is 14. The summed E-state index contributed by atoms with van der Waals surface area (Å²) in [6, 6.07) is 68.1. The third kappa shape index (κ3) is 16.8. The summed E-state index contributed by atoms with van der Waals surface area (Å²) in [5, 5.41) is 3.18. The van der Waals surface area contributed by atoms with Crippen molar-refractivity contribution < 1.29 is 71.1 Å². The van der Waals surface area contributed by atoms with Gasteiger partial charge in [-0.2, -0.15) is 0 Å². The van der Waals surface area contributed by atoms with Crippen molar-refractivity contribution in [3.8, 4) is 0 Å². The van der Waals surface area contributed by atoms with Crippen LogP contribution in [0.1, 0.15) is 66.0 Å². The second kappa shape index (κ2) is 32.0. The summed E-state index contributed by atoms with van der Waals surface area (Å²) in [5.41, 5.74) is 6.38. The fourth-order valence-corrected chi connectivity index (χ4v) is 11.5. The standard InChI is InChI=1S/C72H79NO15/c1-4-40-76-71-68(65(79-44-54-32-18-8-19-33-54)61(49(2)83-71)77-42-52-28-14-6-15-29-52)88-72-67(81-46-56-36-22-10-23-37-56)66(80-45-55-34-20-9-21-35-55)63(58(85-72)47-75-41-51-26-12-5-13-27-51)87-70-60(73-50(3)74)64(78-43-53-30-16-7-17-31-53)62-59(84-70)48-82-69(86-62)57-38-24-11-25-39-57/h4-40,49,58-72H,41-48H2,1-3H3,(H,73,74)/b40-4+/t49-,58+,59+,60-,61-,62+,63+,64+,65+,66-,67+,68+,69+,70-,71+,72+/m0/s1. The molecule has 7 aromatic carbocycles. The van der Waals surface area contributed by atoms with Gasteiger partial charge in [0.05, 0.1) is 65.2 Å². The van der Waals surface area contributed by atoms with E-state index in [2.05, 4.69) is 5.32 Å². The molecule has 0 bridgehead atoms. The van der Waals surface area contributed by atoms with Crippen molar-refractivity contribution in [1.29, 1.82) is 0 Å². The molecule has 0 radical (unpaired) electrons. The molecule has 4 saturated heterocycles. The Balaban J connectivity index is 1.00. The molecule has 0 unspecified atom stereocenters. The lowest BCUT2D eigenvalue weighted by Gasteiger charge is -2.52. The summed E-state index contributed by atoms with van der Waals surface area (Å²) in [4.78, 5) is 13.7. The van der Waals surface area contributed by atoms with Crippen LogP contribution in [-0.4, -0.2) is 111 Å². The highest BCUT2D eigenvalue weighted by molar-refractivity contribution is 5.73. The first-order valence-electron chi connectivity index (χ1n) is 30.4. The van der Waals surface area contributed by atoms with Gasteiger partial charge in [-0.25, -0.2) is 0 Å². The zero-order valence-corrected chi connectivity index (χ0v) is 49.9. The van der Waals surface area contributed by atoms with E-state index in [0.717, 1.165) is 38.9 Å². The lowest BCUT2D eigenvalue weighted by molar-refractivity contribution is -0.395. The van der Waals surface area contributed by atoms with E-state index in [4.69, 9.17) is 66.3 Å². The Labute approximate surface area is 515 Å². The molecule has 4 heterocycles. The zero-order valence-electron chi connectivity index (χ0n) is 49.9. The van der Waals surface area contributed by atoms with Crippen molar-refractivity contribution in [2.24, 2.45) is 0 Å². The molecule has 4 aliphatic rings. The number of allylic oxidation sites excluding steroid dienone is 1. The summed E-state index contributed by atoms with van der Waals surface area (Å²) < 4.78 is 98.1. The topological polar surface area (TPSA) is 158 Å². The summed E-state index contributed by atoms with van der Waals surface area (Å²) in [5.74, 6) is -0.341. The monoisotopic (exact) mass is 1200 g/mol. The Bertz CT molecular complexity index is 3160. The molecular weight excluding hydrogens is 1120 g/mol. The Morgan fingerprint density at radius 3 is 1.39 bits per heavy atom. The van der Waals surface area contributed by atoms with Gasteiger partial charge in [-0.3, -0.25) is 4.79 Å². The number of benzene rings is 7. The Kier molecular flexibility index (Phi) is 22.8. The number of hydrogen-bond donors (Lipinski definition) is 1. The van der Waals surface area contributed by atoms with Crippen LogP contribution in [0.4, 0.5) is 0 Å². The van der Waals surface area contributed by atoms with Crippen molar-refractivity contribution in [3.63, 3.8) is 0 Å². The van der Waals surface area contributed by atoms with Gasteiger partial charge < -0.3 is 71.6 Å². The van der Waals surface area contributed by atoms with Crippen LogP contribution in [0.25, 0.3) is 0 Å². The summed E-state index contributed by atoms with van der Waals surface area (Å²) in [6.45, 7) is 6.48. The molecule has 11 rings (SSSR count). The fourth-order valence-electron chi connectivity index (χ4n) is 11.5. The molecule has 0 spiro atoms. The molecule has 88 heavy (non-hydrogen) atoms. The van der Waals surface area contributed by atoms with Gasteiger partial charge in [0.1, 0.15) is 61.0 Å². The number of carbonyl (C=O) groups excluding carboxylic acids is 1. The third-order valence-corrected chi connectivity index (χ3v) is 15.9. The molecular formula is C72H79NO15. The van der Waals surface area contributed by atoms with Gasteiger partial charge in [-0.15, -0.1) is 0 Å². The maximum atomic E-state index is 13.7. The minimum Gasteiger partial charge on any atom is -0.470 e. The van der Waals surface area contributed by atoms with Crippen LogP contribution in [0, 0.1) is 0 Å². The van der Waals surface area contributed by atoms with E-state index in [-0.39, 0.29) is 58.8 Å². The number of carbonyl (C=O) groups is 1. The molecule has 16 nitrogen and oxygen atoms in total. The van der Waals surface area contributed by atoms with Gasteiger partial charge in [-0.1, -0.05) is 218 Å². The highest BCUT2D eigenvalue weighted by atomic mass is 16.8. The van der Waals surface area contributed by atoms with E-state index in [1.54, 1.807) is 12.3 Å². The van der Waals surface area contributed by atoms with Gasteiger partial charge in [0.25, 0.3) is 0 Å². The number of fused-ring (bicyclic) bond motifs is 1. The van der Waals surface area contributed by atoms with Crippen LogP contribution in [0.3, 0.4) is 0 Å². The highest BCUT2D eigenvalue weighted by Crippen LogP contribution is 2.41. The van der Waals surface area contributed by atoms with E-state index in [0.29, 0.717) is 0 Å². The lowest BCUT2D eigenvalue weighted by Crippen LogP contribution is -2.70. The predicted molar refractivity (Wildman–Crippen MR) is 326 cm³/mol. The van der Waals surface area contributed by atoms with E-state index in [9.17, 15) is 4.79 Å². The molecule has 1 amide bonds. The maximum Gasteiger partial charge on any atom is 0.228 e. The summed E-state index contributed by atoms with van der Waals surface area (Å²) >= 11 is 0. The van der Waals surface area contributed by atoms with Crippen LogP contribution < -0.4 is 5.32 Å². The second-order valence-electron chi connectivity index (χ2n) is 22.3. The highest BCUT2D eigenvalue weighted by Gasteiger charge is 2.58. The smallest absolute Gasteiger partial charge is 0.228 e. The summed E-state index contributed by atoms with van der Waals surface area (Å²) in [6.07, 6.45) is -10.4. The number of rotatable bonds is 27. The predicted octanol–water partition coefficient (Wildman–Crippen LogP) is 11.3.